The van der Waals surface area contributed by atoms with Crippen LogP contribution >= 0.6 is 15.8 Å². The van der Waals surface area contributed by atoms with Crippen LogP contribution in [0.2, 0.25) is 0 Å². The van der Waals surface area contributed by atoms with Crippen LogP contribution in [0.3, 0.4) is 0 Å². The van der Waals surface area contributed by atoms with Crippen LogP contribution in [-0.4, -0.2) is 5.90 Å². The fraction of sp³-hybridized carbons (Fsp3) is 0.114. The van der Waals surface area contributed by atoms with E-state index in [9.17, 15) is 0 Å². The summed E-state index contributed by atoms with van der Waals surface area (Å²) in [6, 6.07) is 44.1. The first-order valence-electron chi connectivity index (χ1n) is 12.7. The summed E-state index contributed by atoms with van der Waals surface area (Å²) >= 11 is 0. The van der Waals surface area contributed by atoms with Crippen molar-refractivity contribution in [2.45, 2.75) is 19.3 Å². The van der Waals surface area contributed by atoms with Gasteiger partial charge in [0.2, 0.25) is 0 Å². The minimum atomic E-state index is -0.409. The van der Waals surface area contributed by atoms with E-state index in [-0.39, 0.29) is 21.1 Å². The minimum Gasteiger partial charge on any atom is -0.0622 e. The third-order valence-electron chi connectivity index (χ3n) is 5.79. The summed E-state index contributed by atoms with van der Waals surface area (Å²) in [5.74, 6) is 1.17. The second kappa shape index (κ2) is 23.6. The van der Waals surface area contributed by atoms with Crippen molar-refractivity contribution in [1.29, 1.82) is 0 Å². The van der Waals surface area contributed by atoms with Gasteiger partial charge in [0.15, 0.2) is 0 Å². The van der Waals surface area contributed by atoms with Gasteiger partial charge in [-0.3, -0.25) is 0 Å². The van der Waals surface area contributed by atoms with Crippen LogP contribution in [0.4, 0.5) is 0 Å². The third kappa shape index (κ3) is 13.0. The summed E-state index contributed by atoms with van der Waals surface area (Å²) in [5.41, 5.74) is 0. The van der Waals surface area contributed by atoms with E-state index in [1.165, 1.54) is 46.4 Å². The monoisotopic (exact) mass is 645 g/mol. The second-order valence-electron chi connectivity index (χ2n) is 8.32. The van der Waals surface area contributed by atoms with E-state index in [0.717, 1.165) is 0 Å². The smallest absolute Gasteiger partial charge is 0.00405 e. The van der Waals surface area contributed by atoms with Crippen molar-refractivity contribution in [1.82, 2.24) is 0 Å². The molecule has 40 heavy (non-hydrogen) atoms. The molecule has 4 aromatic carbocycles. The van der Waals surface area contributed by atoms with Gasteiger partial charge in [-0.25, -0.2) is 0 Å². The average molecular weight is 644 g/mol. The standard InChI is InChI=1S/C25H22P2.C8H11.2CO.Mo/c1-5-13-22(14-6-1)26(23-15-7-2-8-16-23)21-27(24-17-9-3-10-18-24)25-19-11-4-12-20-25;1-2-4-6-8-7-5-3-1;2*1-2;/h1-20H,21H2;1-5H,6-8H2;;;. The maximum absolute atomic E-state index is 7.50. The summed E-state index contributed by atoms with van der Waals surface area (Å²) in [7, 11) is -0.817. The van der Waals surface area contributed by atoms with E-state index < -0.39 is 15.8 Å². The zero-order valence-electron chi connectivity index (χ0n) is 22.4. The molecule has 0 aromatic heterocycles. The Morgan fingerprint density at radius 2 is 0.725 bits per heavy atom. The van der Waals surface area contributed by atoms with Crippen LogP contribution in [0.1, 0.15) is 19.3 Å². The van der Waals surface area contributed by atoms with Gasteiger partial charge in [-0.1, -0.05) is 128 Å². The second-order valence-corrected chi connectivity index (χ2v) is 13.2. The minimum absolute atomic E-state index is 0. The van der Waals surface area contributed by atoms with Gasteiger partial charge in [0.05, 0.1) is 0 Å². The van der Waals surface area contributed by atoms with Crippen molar-refractivity contribution >= 4 is 37.1 Å². The zero-order valence-corrected chi connectivity index (χ0v) is 26.2. The first-order chi connectivity index (χ1) is 19.4. The molecular weight excluding hydrogens is 610 g/mol. The molecule has 201 valence electrons. The molecule has 0 saturated heterocycles. The maximum Gasteiger partial charge on any atom is 0.00405 e. The molecule has 0 spiro atoms. The number of hydrogen-bond donors (Lipinski definition) is 0. The van der Waals surface area contributed by atoms with E-state index in [2.05, 4.69) is 167 Å². The largest absolute Gasteiger partial charge is 0.0622 e. The molecule has 2 nitrogen and oxygen atoms in total. The molecule has 5 radical (unpaired) electrons. The Hall–Kier alpha value is -2.09. The fourth-order valence-electron chi connectivity index (χ4n) is 3.97. The van der Waals surface area contributed by atoms with E-state index in [1.807, 2.05) is 0 Å². The predicted octanol–water partition coefficient (Wildman–Crippen LogP) is 7.32. The predicted molar refractivity (Wildman–Crippen MR) is 166 cm³/mol. The van der Waals surface area contributed by atoms with Gasteiger partial charge in [0.25, 0.3) is 0 Å². The molecule has 0 bridgehead atoms. The summed E-state index contributed by atoms with van der Waals surface area (Å²) in [6.45, 7) is 9.00. The van der Waals surface area contributed by atoms with E-state index in [0.29, 0.717) is 0 Å². The van der Waals surface area contributed by atoms with Gasteiger partial charge in [-0.15, -0.1) is 0 Å². The molecule has 0 heterocycles. The summed E-state index contributed by atoms with van der Waals surface area (Å²) in [6.07, 6.45) is 14.5. The molecule has 1 aliphatic rings. The average Bonchev–Trinajstić information content (AvgIpc) is 3.01. The Balaban J connectivity index is 0.000000522. The first-order valence-corrected chi connectivity index (χ1v) is 15.8. The summed E-state index contributed by atoms with van der Waals surface area (Å²) in [5, 5.41) is 5.83. The van der Waals surface area contributed by atoms with Crippen LogP contribution in [0.5, 0.6) is 0 Å². The van der Waals surface area contributed by atoms with Crippen molar-refractivity contribution in [2.75, 3.05) is 5.90 Å². The molecule has 5 rings (SSSR count). The SMILES string of the molecule is [C-]#[O+].[C-]#[O+].[CH]1[CH][CH]CCC[CH][CH]1.[Mo].c1ccc(P(CP(c2ccccc2)c2ccccc2)c2ccccc2)cc1. The van der Waals surface area contributed by atoms with Gasteiger partial charge in [0.1, 0.15) is 0 Å². The van der Waals surface area contributed by atoms with Crippen LogP contribution in [-0.2, 0) is 30.4 Å². The number of hydrogen-bond acceptors (Lipinski definition) is 0. The zero-order chi connectivity index (χ0) is 28.0. The van der Waals surface area contributed by atoms with Gasteiger partial charge in [0, 0.05) is 27.0 Å². The summed E-state index contributed by atoms with van der Waals surface area (Å²) < 4.78 is 15.0. The summed E-state index contributed by atoms with van der Waals surface area (Å²) in [4.78, 5) is 0. The maximum atomic E-state index is 7.50. The van der Waals surface area contributed by atoms with Crippen molar-refractivity contribution in [3.8, 4) is 0 Å². The molecule has 1 fully saturated rings. The molecule has 5 heteroatoms. The topological polar surface area (TPSA) is 39.8 Å². The molecule has 4 aromatic rings. The fourth-order valence-corrected chi connectivity index (χ4v) is 10.4. The molecule has 0 atom stereocenters. The van der Waals surface area contributed by atoms with Gasteiger partial charge in [-0.05, 0) is 82.0 Å². The van der Waals surface area contributed by atoms with Crippen molar-refractivity contribution < 1.29 is 30.4 Å². The molecule has 0 amide bonds. The van der Waals surface area contributed by atoms with Crippen LogP contribution in [0.15, 0.2) is 121 Å². The molecule has 0 unspecified atom stereocenters. The number of rotatable bonds is 6. The third-order valence-corrected chi connectivity index (χ3v) is 11.7. The van der Waals surface area contributed by atoms with Gasteiger partial charge >= 0.3 is 22.6 Å². The Morgan fingerprint density at radius 1 is 0.450 bits per heavy atom. The van der Waals surface area contributed by atoms with Crippen molar-refractivity contribution in [3.05, 3.63) is 167 Å². The van der Waals surface area contributed by atoms with Crippen LogP contribution in [0.25, 0.3) is 0 Å². The van der Waals surface area contributed by atoms with Crippen molar-refractivity contribution in [3.63, 3.8) is 0 Å². The van der Waals surface area contributed by atoms with E-state index >= 15 is 0 Å². The van der Waals surface area contributed by atoms with Crippen LogP contribution < -0.4 is 21.2 Å². The first kappa shape index (κ1) is 35.9. The molecule has 0 aliphatic heterocycles. The molecule has 1 aliphatic carbocycles. The Bertz CT molecular complexity index is 980. The molecule has 1 saturated carbocycles. The normalized spacial score (nSPS) is 12.3. The Morgan fingerprint density at radius 3 is 1.00 bits per heavy atom. The molecular formula is C35H33MoO2P2. The number of benzene rings is 4. The van der Waals surface area contributed by atoms with Crippen molar-refractivity contribution in [2.24, 2.45) is 0 Å². The van der Waals surface area contributed by atoms with Gasteiger partial charge in [-0.2, -0.15) is 0 Å². The van der Waals surface area contributed by atoms with E-state index in [1.54, 1.807) is 0 Å². The van der Waals surface area contributed by atoms with Gasteiger partial charge < -0.3 is 0 Å². The van der Waals surface area contributed by atoms with E-state index in [4.69, 9.17) is 9.30 Å². The van der Waals surface area contributed by atoms with Crippen LogP contribution in [0, 0.1) is 45.4 Å². The Labute approximate surface area is 258 Å². The molecule has 0 N–H and O–H groups in total. The Kier molecular flexibility index (Phi) is 21.2. The quantitative estimate of drug-likeness (QED) is 0.0915.